The fourth-order valence-electron chi connectivity index (χ4n) is 1.59. The van der Waals surface area contributed by atoms with Gasteiger partial charge < -0.3 is 15.8 Å². The molecule has 5 heteroatoms. The van der Waals surface area contributed by atoms with Gasteiger partial charge in [-0.25, -0.2) is 0 Å². The van der Waals surface area contributed by atoms with Gasteiger partial charge in [0.25, 0.3) is 0 Å². The minimum absolute atomic E-state index is 0.357. The highest BCUT2D eigenvalue weighted by molar-refractivity contribution is 6.33. The lowest BCUT2D eigenvalue weighted by Crippen LogP contribution is -2.24. The maximum atomic E-state index is 6.11. The van der Waals surface area contributed by atoms with Crippen molar-refractivity contribution in [2.75, 3.05) is 11.1 Å². The average Bonchev–Trinajstić information content (AvgIpc) is 2.34. The topological polar surface area (TPSA) is 60.2 Å². The second-order valence-electron chi connectivity index (χ2n) is 5.41. The van der Waals surface area contributed by atoms with Crippen molar-refractivity contribution in [3.8, 4) is 5.88 Å². The summed E-state index contributed by atoms with van der Waals surface area (Å²) < 4.78 is 5.73. The SMILES string of the molecule is CC(C)(C)Oc1nc(Nc2ccccc2Cl)ccc1N. The quantitative estimate of drug-likeness (QED) is 0.888. The summed E-state index contributed by atoms with van der Waals surface area (Å²) in [6, 6.07) is 11.0. The molecule has 0 bridgehead atoms. The molecule has 2 rings (SSSR count). The Morgan fingerprint density at radius 1 is 1.15 bits per heavy atom. The molecule has 0 amide bonds. The van der Waals surface area contributed by atoms with Gasteiger partial charge in [-0.2, -0.15) is 4.98 Å². The maximum Gasteiger partial charge on any atom is 0.239 e. The lowest BCUT2D eigenvalue weighted by Gasteiger charge is -2.21. The van der Waals surface area contributed by atoms with Crippen molar-refractivity contribution in [1.29, 1.82) is 0 Å². The minimum atomic E-state index is -0.357. The van der Waals surface area contributed by atoms with E-state index >= 15 is 0 Å². The fraction of sp³-hybridized carbons (Fsp3) is 0.267. The number of hydrogen-bond acceptors (Lipinski definition) is 4. The number of aromatic nitrogens is 1. The summed E-state index contributed by atoms with van der Waals surface area (Å²) in [5, 5.41) is 3.78. The molecule has 1 aromatic carbocycles. The third-order valence-corrected chi connectivity index (χ3v) is 2.76. The Morgan fingerprint density at radius 2 is 1.85 bits per heavy atom. The molecule has 1 aromatic heterocycles. The van der Waals surface area contributed by atoms with Crippen molar-refractivity contribution in [3.63, 3.8) is 0 Å². The smallest absolute Gasteiger partial charge is 0.239 e. The van der Waals surface area contributed by atoms with Crippen LogP contribution in [0, 0.1) is 0 Å². The molecule has 0 aliphatic heterocycles. The first-order chi connectivity index (χ1) is 9.35. The number of nitrogens with two attached hydrogens (primary N) is 1. The number of pyridine rings is 1. The van der Waals surface area contributed by atoms with Gasteiger partial charge in [0.05, 0.1) is 16.4 Å². The van der Waals surface area contributed by atoms with E-state index in [-0.39, 0.29) is 5.60 Å². The van der Waals surface area contributed by atoms with Gasteiger partial charge in [0.1, 0.15) is 11.4 Å². The fourth-order valence-corrected chi connectivity index (χ4v) is 1.78. The van der Waals surface area contributed by atoms with E-state index in [1.807, 2.05) is 45.0 Å². The van der Waals surface area contributed by atoms with Crippen LogP contribution < -0.4 is 15.8 Å². The number of rotatable bonds is 3. The zero-order valence-corrected chi connectivity index (χ0v) is 12.5. The standard InChI is InChI=1S/C15H18ClN3O/c1-15(2,3)20-14-11(17)8-9-13(19-14)18-12-7-5-4-6-10(12)16/h4-9H,17H2,1-3H3,(H,18,19). The Kier molecular flexibility index (Phi) is 4.04. The van der Waals surface area contributed by atoms with E-state index in [4.69, 9.17) is 22.1 Å². The molecule has 4 nitrogen and oxygen atoms in total. The zero-order valence-electron chi connectivity index (χ0n) is 11.8. The van der Waals surface area contributed by atoms with E-state index in [0.29, 0.717) is 22.4 Å². The van der Waals surface area contributed by atoms with Gasteiger partial charge in [-0.3, -0.25) is 0 Å². The van der Waals surface area contributed by atoms with Gasteiger partial charge in [0, 0.05) is 0 Å². The first-order valence-electron chi connectivity index (χ1n) is 6.32. The molecule has 0 unspecified atom stereocenters. The Hall–Kier alpha value is -1.94. The normalized spacial score (nSPS) is 11.2. The Morgan fingerprint density at radius 3 is 2.50 bits per heavy atom. The second-order valence-corrected chi connectivity index (χ2v) is 5.82. The number of nitrogens with one attached hydrogen (secondary N) is 1. The zero-order chi connectivity index (χ0) is 14.8. The van der Waals surface area contributed by atoms with Gasteiger partial charge in [0.15, 0.2) is 0 Å². The van der Waals surface area contributed by atoms with Crippen molar-refractivity contribution in [2.45, 2.75) is 26.4 Å². The summed E-state index contributed by atoms with van der Waals surface area (Å²) in [6.07, 6.45) is 0. The van der Waals surface area contributed by atoms with Crippen LogP contribution in [0.1, 0.15) is 20.8 Å². The van der Waals surface area contributed by atoms with Crippen molar-refractivity contribution >= 4 is 28.8 Å². The number of nitrogens with zero attached hydrogens (tertiary/aromatic N) is 1. The van der Waals surface area contributed by atoms with E-state index in [9.17, 15) is 0 Å². The van der Waals surface area contributed by atoms with Crippen LogP contribution in [0.3, 0.4) is 0 Å². The first-order valence-corrected chi connectivity index (χ1v) is 6.70. The van der Waals surface area contributed by atoms with E-state index in [1.54, 1.807) is 12.1 Å². The molecule has 0 aliphatic rings. The van der Waals surface area contributed by atoms with Crippen LogP contribution in [0.15, 0.2) is 36.4 Å². The molecule has 0 fully saturated rings. The molecule has 3 N–H and O–H groups in total. The van der Waals surface area contributed by atoms with Gasteiger partial charge in [-0.1, -0.05) is 23.7 Å². The van der Waals surface area contributed by atoms with E-state index in [0.717, 1.165) is 5.69 Å². The first kappa shape index (κ1) is 14.5. The van der Waals surface area contributed by atoms with Crippen LogP contribution >= 0.6 is 11.6 Å². The highest BCUT2D eigenvalue weighted by Gasteiger charge is 2.15. The Bertz CT molecular complexity index is 608. The van der Waals surface area contributed by atoms with E-state index < -0.39 is 0 Å². The second kappa shape index (κ2) is 5.59. The lowest BCUT2D eigenvalue weighted by atomic mass is 10.2. The summed E-state index contributed by atoms with van der Waals surface area (Å²) >= 11 is 6.11. The van der Waals surface area contributed by atoms with Gasteiger partial charge in [-0.05, 0) is 45.0 Å². The van der Waals surface area contributed by atoms with Crippen LogP contribution in [0.4, 0.5) is 17.2 Å². The molecule has 20 heavy (non-hydrogen) atoms. The molecule has 0 saturated heterocycles. The predicted molar refractivity (Wildman–Crippen MR) is 83.8 cm³/mol. The van der Waals surface area contributed by atoms with Crippen molar-refractivity contribution in [1.82, 2.24) is 4.98 Å². The summed E-state index contributed by atoms with van der Waals surface area (Å²) in [5.41, 5.74) is 6.81. The molecular weight excluding hydrogens is 274 g/mol. The molecule has 2 aromatic rings. The number of para-hydroxylation sites is 1. The van der Waals surface area contributed by atoms with Crippen LogP contribution in [-0.4, -0.2) is 10.6 Å². The largest absolute Gasteiger partial charge is 0.470 e. The third-order valence-electron chi connectivity index (χ3n) is 2.43. The van der Waals surface area contributed by atoms with Crippen LogP contribution in [0.25, 0.3) is 0 Å². The Balaban J connectivity index is 2.26. The monoisotopic (exact) mass is 291 g/mol. The van der Waals surface area contributed by atoms with Crippen LogP contribution in [0.2, 0.25) is 5.02 Å². The minimum Gasteiger partial charge on any atom is -0.470 e. The van der Waals surface area contributed by atoms with E-state index in [1.165, 1.54) is 0 Å². The number of anilines is 3. The van der Waals surface area contributed by atoms with E-state index in [2.05, 4.69) is 10.3 Å². The summed E-state index contributed by atoms with van der Waals surface area (Å²) in [4.78, 5) is 4.38. The average molecular weight is 292 g/mol. The van der Waals surface area contributed by atoms with Gasteiger partial charge in [-0.15, -0.1) is 0 Å². The summed E-state index contributed by atoms with van der Waals surface area (Å²) in [5.74, 6) is 1.04. The number of nitrogen functional groups attached to an aromatic ring is 1. The van der Waals surface area contributed by atoms with Crippen molar-refractivity contribution < 1.29 is 4.74 Å². The number of halogens is 1. The lowest BCUT2D eigenvalue weighted by molar-refractivity contribution is 0.125. The number of ether oxygens (including phenoxy) is 1. The molecule has 0 radical (unpaired) electrons. The Labute approximate surface area is 123 Å². The molecule has 1 heterocycles. The molecule has 0 spiro atoms. The molecule has 0 aliphatic carbocycles. The van der Waals surface area contributed by atoms with Crippen molar-refractivity contribution in [2.24, 2.45) is 0 Å². The highest BCUT2D eigenvalue weighted by atomic mass is 35.5. The predicted octanol–water partition coefficient (Wildman–Crippen LogP) is 4.24. The van der Waals surface area contributed by atoms with Crippen LogP contribution in [-0.2, 0) is 0 Å². The molecule has 0 saturated carbocycles. The molecular formula is C15H18ClN3O. The highest BCUT2D eigenvalue weighted by Crippen LogP contribution is 2.28. The molecule has 106 valence electrons. The van der Waals surface area contributed by atoms with Gasteiger partial charge >= 0.3 is 0 Å². The third kappa shape index (κ3) is 3.78. The van der Waals surface area contributed by atoms with Gasteiger partial charge in [0.2, 0.25) is 5.88 Å². The number of hydrogen-bond donors (Lipinski definition) is 2. The van der Waals surface area contributed by atoms with Crippen molar-refractivity contribution in [3.05, 3.63) is 41.4 Å². The summed E-state index contributed by atoms with van der Waals surface area (Å²) in [7, 11) is 0. The molecule has 0 atom stereocenters. The summed E-state index contributed by atoms with van der Waals surface area (Å²) in [6.45, 7) is 5.84. The maximum absolute atomic E-state index is 6.11. The van der Waals surface area contributed by atoms with Crippen LogP contribution in [0.5, 0.6) is 5.88 Å². The number of benzene rings is 1.